The van der Waals surface area contributed by atoms with E-state index in [-0.39, 0.29) is 44.3 Å². The van der Waals surface area contributed by atoms with Crippen LogP contribution in [0.5, 0.6) is 17.2 Å². The number of Topliss-reactive ketones (excluding diaryl/α,β-unsaturated/α-hetero) is 2. The van der Waals surface area contributed by atoms with Crippen LogP contribution in [0.2, 0.25) is 0 Å². The number of methoxy groups -OCH3 is 1. The molecule has 0 unspecified atom stereocenters. The van der Waals surface area contributed by atoms with Gasteiger partial charge in [0.1, 0.15) is 24.7 Å². The number of hydrogen-bond donors (Lipinski definition) is 0. The van der Waals surface area contributed by atoms with Crippen molar-refractivity contribution in [2.24, 2.45) is 5.92 Å². The molecule has 1 atom stereocenters. The van der Waals surface area contributed by atoms with Gasteiger partial charge in [-0.15, -0.1) is 0 Å². The van der Waals surface area contributed by atoms with Crippen molar-refractivity contribution in [2.75, 3.05) is 40.5 Å². The summed E-state index contributed by atoms with van der Waals surface area (Å²) < 4.78 is 16.2. The number of carbonyl (C=O) groups excluding carboxylic acids is 2. The topological polar surface area (TPSA) is 65.1 Å². The second-order valence-corrected chi connectivity index (χ2v) is 9.89. The van der Waals surface area contributed by atoms with Crippen molar-refractivity contribution < 1.29 is 56.5 Å². The zero-order valence-electron chi connectivity index (χ0n) is 26.7. The number of benzene rings is 2. The van der Waals surface area contributed by atoms with Crippen LogP contribution in [0.3, 0.4) is 0 Å². The van der Waals surface area contributed by atoms with Crippen molar-refractivity contribution in [2.45, 2.75) is 86.0 Å². The zero-order chi connectivity index (χ0) is 29.8. The molecule has 2 heterocycles. The average molecular weight is 645 g/mol. The van der Waals surface area contributed by atoms with Crippen molar-refractivity contribution in [1.82, 2.24) is 4.90 Å². The van der Waals surface area contributed by atoms with Gasteiger partial charge in [0.15, 0.2) is 17.3 Å². The van der Waals surface area contributed by atoms with Crippen LogP contribution in [-0.2, 0) is 43.9 Å². The number of unbranched alkanes of at least 4 members (excludes halogenated alkanes) is 1. The molecule has 1 radical (unpaired) electrons. The maximum Gasteiger partial charge on any atom is 0.162 e. The molecule has 227 valence electrons. The van der Waals surface area contributed by atoms with Crippen molar-refractivity contribution in [3.8, 4) is 17.2 Å². The van der Waals surface area contributed by atoms with Gasteiger partial charge >= 0.3 is 0 Å². The number of rotatable bonds is 11. The standard InChI is InChI=1S/C24H28O5.C6H13N.2C2H6.Y/c1-27-21-12-10-19(11-13-21)22(26)8-3-2-6-20(25)7-4-5-18-9-14-23-24(17-18)29-16-15-28-23;1-6-3-4-7(2)5-6;2*1-2;/h9-14,17H,2-8,15-16H2,1H3;6H,3-5H2,1-2H3;2*1-2H3;/t;6-;;;/m.0.../s1. The summed E-state index contributed by atoms with van der Waals surface area (Å²) >= 11 is 0. The quantitative estimate of drug-likeness (QED) is 0.184. The van der Waals surface area contributed by atoms with Crippen molar-refractivity contribution in [3.05, 3.63) is 53.6 Å². The van der Waals surface area contributed by atoms with Crippen LogP contribution >= 0.6 is 0 Å². The smallest absolute Gasteiger partial charge is 0.162 e. The van der Waals surface area contributed by atoms with E-state index in [4.69, 9.17) is 14.2 Å². The van der Waals surface area contributed by atoms with Crippen LogP contribution in [-0.4, -0.2) is 56.9 Å². The van der Waals surface area contributed by atoms with Gasteiger partial charge in [0.2, 0.25) is 0 Å². The fourth-order valence-electron chi connectivity index (χ4n) is 4.54. The normalized spacial score (nSPS) is 15.0. The van der Waals surface area contributed by atoms with Crippen LogP contribution < -0.4 is 14.2 Å². The Morgan fingerprint density at radius 1 is 0.878 bits per heavy atom. The van der Waals surface area contributed by atoms with Crippen LogP contribution in [0, 0.1) is 5.92 Å². The predicted molar refractivity (Wildman–Crippen MR) is 165 cm³/mol. The third-order valence-corrected chi connectivity index (χ3v) is 6.68. The molecule has 0 aliphatic carbocycles. The Morgan fingerprint density at radius 3 is 2.05 bits per heavy atom. The van der Waals surface area contributed by atoms with E-state index in [0.29, 0.717) is 38.0 Å². The van der Waals surface area contributed by atoms with E-state index < -0.39 is 0 Å². The number of fused-ring (bicyclic) bond motifs is 1. The number of ether oxygens (including phenoxy) is 3. The molecule has 0 amide bonds. The summed E-state index contributed by atoms with van der Waals surface area (Å²) in [5.41, 5.74) is 1.85. The number of aryl methyl sites for hydroxylation is 1. The van der Waals surface area contributed by atoms with Crippen molar-refractivity contribution in [3.63, 3.8) is 0 Å². The van der Waals surface area contributed by atoms with Gasteiger partial charge in [0.05, 0.1) is 7.11 Å². The van der Waals surface area contributed by atoms with Crippen LogP contribution in [0.15, 0.2) is 42.5 Å². The summed E-state index contributed by atoms with van der Waals surface area (Å²) in [5.74, 6) is 3.65. The van der Waals surface area contributed by atoms with Gasteiger partial charge in [0.25, 0.3) is 0 Å². The van der Waals surface area contributed by atoms with Gasteiger partial charge < -0.3 is 19.1 Å². The van der Waals surface area contributed by atoms with Gasteiger partial charge in [-0.1, -0.05) is 40.7 Å². The fraction of sp³-hybridized carbons (Fsp3) is 0.588. The monoisotopic (exact) mass is 644 g/mol. The molecule has 0 spiro atoms. The van der Waals surface area contributed by atoms with E-state index in [0.717, 1.165) is 54.4 Å². The Bertz CT molecular complexity index is 972. The number of ketones is 2. The Morgan fingerprint density at radius 2 is 1.49 bits per heavy atom. The SMILES string of the molecule is CC.CC.COc1ccc(C(=O)CCCCC(=O)CCCc2ccc3c(c2)OCCO3)cc1.C[C@H]1CCN(C)C1.[Y]. The van der Waals surface area contributed by atoms with E-state index >= 15 is 0 Å². The summed E-state index contributed by atoms with van der Waals surface area (Å²) in [5, 5.41) is 0. The van der Waals surface area contributed by atoms with Crippen LogP contribution in [0.4, 0.5) is 0 Å². The minimum atomic E-state index is 0. The molecule has 0 aromatic heterocycles. The molecule has 2 aliphatic rings. The van der Waals surface area contributed by atoms with Crippen LogP contribution in [0.1, 0.15) is 95.5 Å². The first-order valence-electron chi connectivity index (χ1n) is 15.2. The molecular formula is C34H53NO5Y. The molecule has 2 aliphatic heterocycles. The molecule has 6 nitrogen and oxygen atoms in total. The van der Waals surface area contributed by atoms with Gasteiger partial charge in [0, 0.05) is 64.1 Å². The summed E-state index contributed by atoms with van der Waals surface area (Å²) in [4.78, 5) is 26.7. The minimum absolute atomic E-state index is 0. The van der Waals surface area contributed by atoms with E-state index in [1.807, 2.05) is 45.9 Å². The second-order valence-electron chi connectivity index (χ2n) is 9.89. The molecule has 0 bridgehead atoms. The molecule has 0 saturated carbocycles. The first-order chi connectivity index (χ1) is 19.4. The van der Waals surface area contributed by atoms with Crippen molar-refractivity contribution in [1.29, 1.82) is 0 Å². The Hall–Kier alpha value is -1.76. The summed E-state index contributed by atoms with van der Waals surface area (Å²) in [6.45, 7) is 14.1. The number of carbonyl (C=O) groups is 2. The van der Waals surface area contributed by atoms with Gasteiger partial charge in [-0.05, 0) is 93.6 Å². The predicted octanol–water partition coefficient (Wildman–Crippen LogP) is 7.81. The van der Waals surface area contributed by atoms with Gasteiger partial charge in [-0.25, -0.2) is 0 Å². The maximum absolute atomic E-state index is 12.2. The fourth-order valence-corrected chi connectivity index (χ4v) is 4.54. The molecule has 2 aromatic rings. The Balaban J connectivity index is 0.00000114. The minimum Gasteiger partial charge on any atom is -0.497 e. The third kappa shape index (κ3) is 15.9. The molecular weight excluding hydrogens is 591 g/mol. The Kier molecular flexibility index (Phi) is 22.7. The molecule has 0 N–H and O–H groups in total. The Labute approximate surface area is 274 Å². The molecule has 4 rings (SSSR count). The zero-order valence-corrected chi connectivity index (χ0v) is 29.5. The first kappa shape index (κ1) is 39.2. The maximum atomic E-state index is 12.2. The van der Waals surface area contributed by atoms with E-state index in [1.165, 1.54) is 19.5 Å². The largest absolute Gasteiger partial charge is 0.497 e. The van der Waals surface area contributed by atoms with Gasteiger partial charge in [-0.3, -0.25) is 9.59 Å². The van der Waals surface area contributed by atoms with Crippen molar-refractivity contribution >= 4 is 11.6 Å². The number of hydrogen-bond acceptors (Lipinski definition) is 6. The molecule has 2 aromatic carbocycles. The number of nitrogens with zero attached hydrogens (tertiary/aromatic N) is 1. The van der Waals surface area contributed by atoms with E-state index in [9.17, 15) is 9.59 Å². The summed E-state index contributed by atoms with van der Waals surface area (Å²) in [6.07, 6.45) is 6.14. The van der Waals surface area contributed by atoms with Crippen LogP contribution in [0.25, 0.3) is 0 Å². The molecule has 1 saturated heterocycles. The second kappa shape index (κ2) is 23.8. The summed E-state index contributed by atoms with van der Waals surface area (Å²) in [6, 6.07) is 13.1. The molecule has 1 fully saturated rings. The third-order valence-electron chi connectivity index (χ3n) is 6.68. The molecule has 7 heteroatoms. The van der Waals surface area contributed by atoms with Gasteiger partial charge in [-0.2, -0.15) is 0 Å². The van der Waals surface area contributed by atoms with E-state index in [2.05, 4.69) is 18.9 Å². The summed E-state index contributed by atoms with van der Waals surface area (Å²) in [7, 11) is 3.79. The number of likely N-dealkylation sites (tertiary alicyclic amines) is 1. The van der Waals surface area contributed by atoms with E-state index in [1.54, 1.807) is 31.4 Å². The molecule has 41 heavy (non-hydrogen) atoms. The first-order valence-corrected chi connectivity index (χ1v) is 15.2. The average Bonchev–Trinajstić information content (AvgIpc) is 3.39.